The predicted molar refractivity (Wildman–Crippen MR) is 109 cm³/mol. The quantitative estimate of drug-likeness (QED) is 0.735. The molecule has 3 atom stereocenters. The molecule has 180 valence electrons. The van der Waals surface area contributed by atoms with Crippen LogP contribution in [0.1, 0.15) is 69.1 Å². The molecule has 32 heavy (non-hydrogen) atoms. The van der Waals surface area contributed by atoms with Crippen molar-refractivity contribution in [3.63, 3.8) is 0 Å². The van der Waals surface area contributed by atoms with Gasteiger partial charge in [-0.2, -0.15) is 18.3 Å². The van der Waals surface area contributed by atoms with Gasteiger partial charge in [0.25, 0.3) is 5.91 Å². The Balaban J connectivity index is 1.38. The summed E-state index contributed by atoms with van der Waals surface area (Å²) in [5, 5.41) is 14.0. The van der Waals surface area contributed by atoms with Crippen LogP contribution in [0.4, 0.5) is 13.2 Å². The Labute approximate surface area is 185 Å². The number of aryl methyl sites for hydroxylation is 1. The summed E-state index contributed by atoms with van der Waals surface area (Å²) in [5.74, 6) is -0.472. The van der Waals surface area contributed by atoms with Crippen molar-refractivity contribution in [3.05, 3.63) is 17.5 Å². The van der Waals surface area contributed by atoms with E-state index in [0.717, 1.165) is 25.3 Å². The molecule has 10 heteroatoms. The number of piperidine rings is 1. The predicted octanol–water partition coefficient (Wildman–Crippen LogP) is 3.16. The third-order valence-corrected chi connectivity index (χ3v) is 7.60. The number of halogens is 3. The summed E-state index contributed by atoms with van der Waals surface area (Å²) in [7, 11) is 1.19. The smallest absolute Gasteiger partial charge is 0.390 e. The van der Waals surface area contributed by atoms with E-state index in [0.29, 0.717) is 37.2 Å². The lowest BCUT2D eigenvalue weighted by atomic mass is 9.73. The third kappa shape index (κ3) is 4.17. The van der Waals surface area contributed by atoms with Crippen LogP contribution in [0.2, 0.25) is 0 Å². The number of amides is 1. The Kier molecular flexibility index (Phi) is 5.66. The van der Waals surface area contributed by atoms with Crippen LogP contribution >= 0.6 is 0 Å². The maximum Gasteiger partial charge on any atom is 0.433 e. The van der Waals surface area contributed by atoms with Crippen molar-refractivity contribution in [2.24, 2.45) is 12.5 Å². The van der Waals surface area contributed by atoms with Crippen LogP contribution < -0.4 is 0 Å². The van der Waals surface area contributed by atoms with Gasteiger partial charge in [0.05, 0.1) is 30.0 Å². The maximum absolute atomic E-state index is 13.0. The molecule has 1 amide bonds. The first kappa shape index (κ1) is 23.5. The Morgan fingerprint density at radius 3 is 2.44 bits per heavy atom. The molecule has 0 unspecified atom stereocenters. The van der Waals surface area contributed by atoms with E-state index in [9.17, 15) is 23.1 Å². The topological polar surface area (TPSA) is 76.8 Å². The van der Waals surface area contributed by atoms with E-state index in [4.69, 9.17) is 9.47 Å². The highest BCUT2D eigenvalue weighted by Crippen LogP contribution is 2.49. The lowest BCUT2D eigenvalue weighted by Crippen LogP contribution is -2.56. The molecule has 1 N–H and O–H groups in total. The standard InChI is InChI=1S/C22H32F3N3O4/c1-19(2)16(29)5-6-20(3,32-19)17-12-21(13-31-17)7-9-28(10-8-21)18(30)14-11-15(22(23,24)25)27(4)26-14/h11,16-17,29H,5-10,12-13H2,1-4H3/t16-,17+,20+/m0/s1. The minimum atomic E-state index is -4.55. The maximum atomic E-state index is 13.0. The van der Waals surface area contributed by atoms with E-state index in [-0.39, 0.29) is 17.2 Å². The van der Waals surface area contributed by atoms with E-state index in [2.05, 4.69) is 5.10 Å². The van der Waals surface area contributed by atoms with Crippen molar-refractivity contribution in [2.45, 2.75) is 82.5 Å². The SMILES string of the molecule is Cn1nc(C(=O)N2CCC3(CC2)CO[C@@H]([C@@]2(C)CC[C@H](O)C(C)(C)O2)C3)cc1C(F)(F)F. The average Bonchev–Trinajstić information content (AvgIpc) is 3.29. The minimum Gasteiger partial charge on any atom is -0.390 e. The van der Waals surface area contributed by atoms with Gasteiger partial charge in [-0.1, -0.05) is 0 Å². The molecular formula is C22H32F3N3O4. The van der Waals surface area contributed by atoms with Crippen molar-refractivity contribution in [1.82, 2.24) is 14.7 Å². The molecular weight excluding hydrogens is 427 g/mol. The molecule has 3 aliphatic heterocycles. The highest BCUT2D eigenvalue weighted by molar-refractivity contribution is 5.92. The number of aliphatic hydroxyl groups excluding tert-OH is 1. The number of hydrogen-bond donors (Lipinski definition) is 1. The molecule has 0 bridgehead atoms. The number of carbonyl (C=O) groups excluding carboxylic acids is 1. The number of aromatic nitrogens is 2. The molecule has 1 aromatic rings. The zero-order valence-electron chi connectivity index (χ0n) is 19.0. The molecule has 3 aliphatic rings. The Morgan fingerprint density at radius 1 is 1.22 bits per heavy atom. The summed E-state index contributed by atoms with van der Waals surface area (Å²) in [6.07, 6.45) is -1.55. The van der Waals surface area contributed by atoms with E-state index in [1.165, 1.54) is 7.05 Å². The van der Waals surface area contributed by atoms with E-state index in [1.807, 2.05) is 20.8 Å². The molecule has 4 rings (SSSR count). The van der Waals surface area contributed by atoms with Crippen LogP contribution in [0.15, 0.2) is 6.07 Å². The molecule has 4 heterocycles. The van der Waals surface area contributed by atoms with Gasteiger partial charge in [-0.05, 0) is 58.3 Å². The molecule has 0 saturated carbocycles. The number of ether oxygens (including phenoxy) is 2. The fourth-order valence-electron chi connectivity index (χ4n) is 5.43. The van der Waals surface area contributed by atoms with Crippen LogP contribution in [0.5, 0.6) is 0 Å². The first-order chi connectivity index (χ1) is 14.7. The third-order valence-electron chi connectivity index (χ3n) is 7.60. The van der Waals surface area contributed by atoms with Gasteiger partial charge in [0.1, 0.15) is 5.69 Å². The zero-order valence-corrected chi connectivity index (χ0v) is 19.0. The fourth-order valence-corrected chi connectivity index (χ4v) is 5.43. The second kappa shape index (κ2) is 7.70. The molecule has 3 fully saturated rings. The van der Waals surface area contributed by atoms with Crippen molar-refractivity contribution in [3.8, 4) is 0 Å². The first-order valence-electron chi connectivity index (χ1n) is 11.2. The van der Waals surface area contributed by atoms with Gasteiger partial charge in [0.15, 0.2) is 5.69 Å². The molecule has 1 aromatic heterocycles. The zero-order chi connectivity index (χ0) is 23.5. The second-order valence-electron chi connectivity index (χ2n) is 10.4. The van der Waals surface area contributed by atoms with Crippen LogP contribution in [-0.2, 0) is 22.7 Å². The first-order valence-corrected chi connectivity index (χ1v) is 11.2. The number of hydrogen-bond acceptors (Lipinski definition) is 5. The van der Waals surface area contributed by atoms with E-state index in [1.54, 1.807) is 4.90 Å². The molecule has 0 radical (unpaired) electrons. The van der Waals surface area contributed by atoms with Crippen molar-refractivity contribution >= 4 is 5.91 Å². The Morgan fingerprint density at radius 2 is 1.88 bits per heavy atom. The second-order valence-corrected chi connectivity index (χ2v) is 10.4. The van der Waals surface area contributed by atoms with Crippen molar-refractivity contribution in [1.29, 1.82) is 0 Å². The number of nitrogens with zero attached hydrogens (tertiary/aromatic N) is 3. The minimum absolute atomic E-state index is 0.0741. The largest absolute Gasteiger partial charge is 0.433 e. The summed E-state index contributed by atoms with van der Waals surface area (Å²) in [6.45, 7) is 7.31. The van der Waals surface area contributed by atoms with Gasteiger partial charge in [0.2, 0.25) is 0 Å². The molecule has 3 saturated heterocycles. The van der Waals surface area contributed by atoms with Crippen LogP contribution in [-0.4, -0.2) is 68.8 Å². The number of rotatable bonds is 2. The van der Waals surface area contributed by atoms with Crippen molar-refractivity contribution < 1.29 is 32.5 Å². The van der Waals surface area contributed by atoms with Gasteiger partial charge in [0, 0.05) is 26.2 Å². The van der Waals surface area contributed by atoms with Gasteiger partial charge < -0.3 is 19.5 Å². The highest BCUT2D eigenvalue weighted by atomic mass is 19.4. The lowest BCUT2D eigenvalue weighted by molar-refractivity contribution is -0.245. The Bertz CT molecular complexity index is 876. The molecule has 0 aliphatic carbocycles. The normalized spacial score (nSPS) is 32.4. The van der Waals surface area contributed by atoms with Gasteiger partial charge in [-0.25, -0.2) is 0 Å². The van der Waals surface area contributed by atoms with Crippen molar-refractivity contribution in [2.75, 3.05) is 19.7 Å². The summed E-state index contributed by atoms with van der Waals surface area (Å²) in [5.41, 5.74) is -2.31. The Hall–Kier alpha value is -1.65. The molecule has 7 nitrogen and oxygen atoms in total. The molecule has 1 spiro atoms. The highest BCUT2D eigenvalue weighted by Gasteiger charge is 2.53. The number of likely N-dealkylation sites (tertiary alicyclic amines) is 1. The number of aliphatic hydroxyl groups is 1. The van der Waals surface area contributed by atoms with Gasteiger partial charge >= 0.3 is 6.18 Å². The van der Waals surface area contributed by atoms with Crippen LogP contribution in [0, 0.1) is 5.41 Å². The lowest BCUT2D eigenvalue weighted by Gasteiger charge is -2.48. The van der Waals surface area contributed by atoms with Crippen LogP contribution in [0.25, 0.3) is 0 Å². The van der Waals surface area contributed by atoms with Gasteiger partial charge in [-0.3, -0.25) is 9.48 Å². The summed E-state index contributed by atoms with van der Waals surface area (Å²) < 4.78 is 52.3. The molecule has 0 aromatic carbocycles. The number of carbonyl (C=O) groups is 1. The van der Waals surface area contributed by atoms with Crippen LogP contribution in [0.3, 0.4) is 0 Å². The summed E-state index contributed by atoms with van der Waals surface area (Å²) in [4.78, 5) is 14.4. The number of alkyl halides is 3. The van der Waals surface area contributed by atoms with E-state index < -0.39 is 35.1 Å². The van der Waals surface area contributed by atoms with Gasteiger partial charge in [-0.15, -0.1) is 0 Å². The fraction of sp³-hybridized carbons (Fsp3) is 0.818. The summed E-state index contributed by atoms with van der Waals surface area (Å²) in [6, 6.07) is 0.818. The monoisotopic (exact) mass is 459 g/mol. The summed E-state index contributed by atoms with van der Waals surface area (Å²) >= 11 is 0. The van der Waals surface area contributed by atoms with E-state index >= 15 is 0 Å². The average molecular weight is 460 g/mol.